The quantitative estimate of drug-likeness (QED) is 0.341. The summed E-state index contributed by atoms with van der Waals surface area (Å²) in [5.41, 5.74) is 0. The van der Waals surface area contributed by atoms with Crippen LogP contribution in [0.2, 0.25) is 0 Å². The summed E-state index contributed by atoms with van der Waals surface area (Å²) in [7, 11) is 0. The first kappa shape index (κ1) is 11.1. The molecule has 0 fully saturated rings. The Labute approximate surface area is 72.0 Å². The van der Waals surface area contributed by atoms with E-state index in [1.165, 1.54) is 0 Å². The molecule has 0 bridgehead atoms. The van der Waals surface area contributed by atoms with Crippen molar-refractivity contribution in [1.82, 2.24) is 0 Å². The maximum atomic E-state index is 10.6. The molecule has 0 aromatic heterocycles. The minimum Gasteiger partial charge on any atom is -0.481 e. The van der Waals surface area contributed by atoms with Gasteiger partial charge in [-0.25, -0.2) is 5.90 Å². The van der Waals surface area contributed by atoms with Crippen LogP contribution in [-0.2, 0) is 9.63 Å². The number of rotatable bonds is 7. The van der Waals surface area contributed by atoms with Gasteiger partial charge in [0.25, 0.3) is 0 Å². The number of allylic oxidation sites excluding steroid dienone is 1. The van der Waals surface area contributed by atoms with E-state index in [0.717, 1.165) is 0 Å². The summed E-state index contributed by atoms with van der Waals surface area (Å²) in [5, 5.41) is 8.68. The second-order valence-corrected chi connectivity index (χ2v) is 2.57. The zero-order chi connectivity index (χ0) is 9.40. The molecule has 0 saturated carbocycles. The van der Waals surface area contributed by atoms with Crippen molar-refractivity contribution in [2.75, 3.05) is 6.61 Å². The Hall–Kier alpha value is -0.870. The Morgan fingerprint density at radius 1 is 1.75 bits per heavy atom. The average Bonchev–Trinajstić information content (AvgIpc) is 2.03. The lowest BCUT2D eigenvalue weighted by Crippen LogP contribution is -2.14. The van der Waals surface area contributed by atoms with Crippen LogP contribution in [-0.4, -0.2) is 17.7 Å². The maximum absolute atomic E-state index is 10.6. The summed E-state index contributed by atoms with van der Waals surface area (Å²) in [6.07, 6.45) is 3.36. The van der Waals surface area contributed by atoms with Gasteiger partial charge in [-0.1, -0.05) is 6.08 Å². The molecule has 0 aromatic rings. The van der Waals surface area contributed by atoms with E-state index >= 15 is 0 Å². The molecular formula is C8H15NO3. The monoisotopic (exact) mass is 173 g/mol. The van der Waals surface area contributed by atoms with Crippen LogP contribution in [0.4, 0.5) is 0 Å². The van der Waals surface area contributed by atoms with Gasteiger partial charge in [-0.05, 0) is 19.3 Å². The average molecular weight is 173 g/mol. The van der Waals surface area contributed by atoms with Crippen LogP contribution in [0.25, 0.3) is 0 Å². The van der Waals surface area contributed by atoms with Crippen molar-refractivity contribution in [1.29, 1.82) is 0 Å². The normalized spacial score (nSPS) is 12.4. The first-order valence-corrected chi connectivity index (χ1v) is 3.87. The predicted molar refractivity (Wildman–Crippen MR) is 45.3 cm³/mol. The molecule has 0 radical (unpaired) electrons. The lowest BCUT2D eigenvalue weighted by atomic mass is 10.0. The standard InChI is InChI=1S/C8H15NO3/c1-2-4-7(8(10)11)5-3-6-12-9/h2,7H,1,3-6,9H2,(H,10,11). The maximum Gasteiger partial charge on any atom is 0.306 e. The Bertz CT molecular complexity index is 147. The second-order valence-electron chi connectivity index (χ2n) is 2.57. The van der Waals surface area contributed by atoms with Crippen LogP contribution in [0.15, 0.2) is 12.7 Å². The first-order valence-electron chi connectivity index (χ1n) is 3.87. The molecule has 12 heavy (non-hydrogen) atoms. The smallest absolute Gasteiger partial charge is 0.306 e. The third kappa shape index (κ3) is 4.87. The van der Waals surface area contributed by atoms with Crippen LogP contribution in [0.5, 0.6) is 0 Å². The molecular weight excluding hydrogens is 158 g/mol. The lowest BCUT2D eigenvalue weighted by Gasteiger charge is -2.08. The molecule has 1 atom stereocenters. The molecule has 0 rings (SSSR count). The summed E-state index contributed by atoms with van der Waals surface area (Å²) < 4.78 is 0. The van der Waals surface area contributed by atoms with Crippen molar-refractivity contribution >= 4 is 5.97 Å². The van der Waals surface area contributed by atoms with Gasteiger partial charge in [-0.3, -0.25) is 4.79 Å². The van der Waals surface area contributed by atoms with Crippen LogP contribution in [0.1, 0.15) is 19.3 Å². The summed E-state index contributed by atoms with van der Waals surface area (Å²) in [6, 6.07) is 0. The molecule has 0 saturated heterocycles. The number of carboxylic acids is 1. The molecule has 0 aliphatic rings. The number of hydrogen-bond donors (Lipinski definition) is 2. The van der Waals surface area contributed by atoms with E-state index in [2.05, 4.69) is 11.4 Å². The minimum absolute atomic E-state index is 0.349. The minimum atomic E-state index is -0.785. The van der Waals surface area contributed by atoms with E-state index in [-0.39, 0.29) is 5.92 Å². The molecule has 0 spiro atoms. The van der Waals surface area contributed by atoms with Crippen molar-refractivity contribution in [2.45, 2.75) is 19.3 Å². The van der Waals surface area contributed by atoms with E-state index in [9.17, 15) is 4.79 Å². The van der Waals surface area contributed by atoms with E-state index in [4.69, 9.17) is 11.0 Å². The van der Waals surface area contributed by atoms with Gasteiger partial charge in [-0.15, -0.1) is 6.58 Å². The lowest BCUT2D eigenvalue weighted by molar-refractivity contribution is -0.141. The van der Waals surface area contributed by atoms with Crippen molar-refractivity contribution in [3.63, 3.8) is 0 Å². The molecule has 4 heteroatoms. The second kappa shape index (κ2) is 6.82. The highest BCUT2D eigenvalue weighted by molar-refractivity contribution is 5.70. The Balaban J connectivity index is 3.63. The van der Waals surface area contributed by atoms with Gasteiger partial charge in [0.1, 0.15) is 0 Å². The Morgan fingerprint density at radius 3 is 2.83 bits per heavy atom. The van der Waals surface area contributed by atoms with Gasteiger partial charge in [0.15, 0.2) is 0 Å². The molecule has 70 valence electrons. The van der Waals surface area contributed by atoms with Crippen LogP contribution < -0.4 is 5.90 Å². The van der Waals surface area contributed by atoms with E-state index < -0.39 is 5.97 Å². The third-order valence-corrected chi connectivity index (χ3v) is 1.62. The van der Waals surface area contributed by atoms with Gasteiger partial charge < -0.3 is 9.94 Å². The number of aliphatic carboxylic acids is 1. The largest absolute Gasteiger partial charge is 0.481 e. The summed E-state index contributed by atoms with van der Waals surface area (Å²) >= 11 is 0. The number of carboxylic acid groups (broad SMARTS) is 1. The van der Waals surface area contributed by atoms with Crippen LogP contribution in [0, 0.1) is 5.92 Å². The molecule has 0 amide bonds. The SMILES string of the molecule is C=CCC(CCCON)C(=O)O. The fourth-order valence-electron chi connectivity index (χ4n) is 0.956. The van der Waals surface area contributed by atoms with Crippen molar-refractivity contribution in [3.8, 4) is 0 Å². The van der Waals surface area contributed by atoms with Crippen LogP contribution in [0.3, 0.4) is 0 Å². The molecule has 0 heterocycles. The Kier molecular flexibility index (Phi) is 6.32. The summed E-state index contributed by atoms with van der Waals surface area (Å²) in [4.78, 5) is 14.9. The molecule has 0 aliphatic heterocycles. The van der Waals surface area contributed by atoms with E-state index in [0.29, 0.717) is 25.9 Å². The zero-order valence-electron chi connectivity index (χ0n) is 7.03. The zero-order valence-corrected chi connectivity index (χ0v) is 7.03. The number of nitrogens with two attached hydrogens (primary N) is 1. The van der Waals surface area contributed by atoms with Crippen LogP contribution >= 0.6 is 0 Å². The molecule has 0 aromatic carbocycles. The van der Waals surface area contributed by atoms with E-state index in [1.807, 2.05) is 0 Å². The van der Waals surface area contributed by atoms with Gasteiger partial charge in [0.05, 0.1) is 12.5 Å². The topological polar surface area (TPSA) is 72.5 Å². The summed E-state index contributed by atoms with van der Waals surface area (Å²) in [5.74, 6) is 3.66. The fourth-order valence-corrected chi connectivity index (χ4v) is 0.956. The van der Waals surface area contributed by atoms with Gasteiger partial charge >= 0.3 is 5.97 Å². The highest BCUT2D eigenvalue weighted by Crippen LogP contribution is 2.11. The first-order chi connectivity index (χ1) is 5.72. The van der Waals surface area contributed by atoms with Gasteiger partial charge in [0, 0.05) is 0 Å². The molecule has 1 unspecified atom stereocenters. The van der Waals surface area contributed by atoms with Gasteiger partial charge in [-0.2, -0.15) is 0 Å². The third-order valence-electron chi connectivity index (χ3n) is 1.62. The Morgan fingerprint density at radius 2 is 2.42 bits per heavy atom. The predicted octanol–water partition coefficient (Wildman–Crippen LogP) is 0.934. The molecule has 3 N–H and O–H groups in total. The highest BCUT2D eigenvalue weighted by atomic mass is 16.6. The number of carbonyl (C=O) groups is 1. The molecule has 0 aliphatic carbocycles. The molecule has 4 nitrogen and oxygen atoms in total. The van der Waals surface area contributed by atoms with Crippen molar-refractivity contribution < 1.29 is 14.7 Å². The number of hydrogen-bond acceptors (Lipinski definition) is 3. The summed E-state index contributed by atoms with van der Waals surface area (Å²) in [6.45, 7) is 3.90. The van der Waals surface area contributed by atoms with E-state index in [1.54, 1.807) is 6.08 Å². The fraction of sp³-hybridized carbons (Fsp3) is 0.625. The van der Waals surface area contributed by atoms with Crippen molar-refractivity contribution in [3.05, 3.63) is 12.7 Å². The van der Waals surface area contributed by atoms with Crippen molar-refractivity contribution in [2.24, 2.45) is 11.8 Å². The highest BCUT2D eigenvalue weighted by Gasteiger charge is 2.14. The van der Waals surface area contributed by atoms with Gasteiger partial charge in [0.2, 0.25) is 0 Å².